The molecule has 2 aliphatic heterocycles. The zero-order chi connectivity index (χ0) is 18.5. The van der Waals surface area contributed by atoms with Crippen molar-refractivity contribution >= 4 is 34.7 Å². The number of thioether (sulfide) groups is 1. The van der Waals surface area contributed by atoms with Crippen LogP contribution in [-0.2, 0) is 4.79 Å². The number of amides is 2. The van der Waals surface area contributed by atoms with Crippen LogP contribution in [0, 0.1) is 0 Å². The van der Waals surface area contributed by atoms with Crippen molar-refractivity contribution in [3.8, 4) is 0 Å². The number of hydrogen-bond acceptors (Lipinski definition) is 4. The third-order valence-electron chi connectivity index (χ3n) is 5.10. The summed E-state index contributed by atoms with van der Waals surface area (Å²) in [6.07, 6.45) is 2.92. The maximum Gasteiger partial charge on any atom is 0.293 e. The Morgan fingerprint density at radius 2 is 1.96 bits per heavy atom. The molecule has 2 aliphatic rings. The number of carbonyl (C=O) groups is 2. The molecule has 3 rings (SSSR count). The van der Waals surface area contributed by atoms with Gasteiger partial charge in [0.25, 0.3) is 11.1 Å². The summed E-state index contributed by atoms with van der Waals surface area (Å²) in [4.78, 5) is 27.9. The van der Waals surface area contributed by atoms with Gasteiger partial charge in [-0.1, -0.05) is 13.0 Å². The summed E-state index contributed by atoms with van der Waals surface area (Å²) in [5.74, 6) is 0.236. The summed E-state index contributed by atoms with van der Waals surface area (Å²) in [5.41, 5.74) is 3.69. The van der Waals surface area contributed by atoms with Gasteiger partial charge in [0.05, 0.1) is 4.91 Å². The number of benzene rings is 1. The van der Waals surface area contributed by atoms with Crippen molar-refractivity contribution in [3.63, 3.8) is 0 Å². The second-order valence-electron chi connectivity index (χ2n) is 7.94. The number of likely N-dealkylation sites (N-methyl/N-ethyl adjacent to an activating group) is 1. The van der Waals surface area contributed by atoms with Gasteiger partial charge < -0.3 is 4.90 Å². The smallest absolute Gasteiger partial charge is 0.293 e. The van der Waals surface area contributed by atoms with Crippen molar-refractivity contribution in [2.24, 2.45) is 0 Å². The maximum absolute atomic E-state index is 12.1. The molecule has 134 valence electrons. The predicted octanol–water partition coefficient (Wildman–Crippen LogP) is 4.85. The summed E-state index contributed by atoms with van der Waals surface area (Å²) in [6.45, 7) is 11.3. The second kappa shape index (κ2) is 6.20. The van der Waals surface area contributed by atoms with E-state index in [0.717, 1.165) is 23.7 Å². The van der Waals surface area contributed by atoms with Crippen molar-refractivity contribution in [2.45, 2.75) is 58.5 Å². The molecule has 5 heteroatoms. The number of hydrogen-bond donors (Lipinski definition) is 0. The highest BCUT2D eigenvalue weighted by Gasteiger charge is 2.37. The molecule has 0 spiro atoms. The van der Waals surface area contributed by atoms with Gasteiger partial charge in [0.1, 0.15) is 0 Å². The SMILES string of the molecule is CC1CC(C)(C)N(C(C)C)c2ccc(/C=C3/SC(=O)N(C)C3=O)cc21. The van der Waals surface area contributed by atoms with Gasteiger partial charge >= 0.3 is 0 Å². The van der Waals surface area contributed by atoms with Crippen molar-refractivity contribution in [1.29, 1.82) is 0 Å². The van der Waals surface area contributed by atoms with Crippen LogP contribution in [0.2, 0.25) is 0 Å². The second-order valence-corrected chi connectivity index (χ2v) is 8.93. The highest BCUT2D eigenvalue weighted by atomic mass is 32.2. The van der Waals surface area contributed by atoms with E-state index >= 15 is 0 Å². The van der Waals surface area contributed by atoms with Crippen molar-refractivity contribution in [2.75, 3.05) is 11.9 Å². The fourth-order valence-corrected chi connectivity index (χ4v) is 5.06. The highest BCUT2D eigenvalue weighted by molar-refractivity contribution is 8.18. The van der Waals surface area contributed by atoms with E-state index in [1.807, 2.05) is 12.1 Å². The van der Waals surface area contributed by atoms with E-state index in [0.29, 0.717) is 16.9 Å². The first kappa shape index (κ1) is 18.1. The van der Waals surface area contributed by atoms with Crippen molar-refractivity contribution in [3.05, 3.63) is 34.2 Å². The normalized spacial score (nSPS) is 24.4. The average Bonchev–Trinajstić information content (AvgIpc) is 2.74. The van der Waals surface area contributed by atoms with Gasteiger partial charge in [-0.15, -0.1) is 0 Å². The standard InChI is InChI=1S/C20H26N2O2S/c1-12(2)22-16-8-7-14(9-15(16)13(3)11-20(22,4)5)10-17-18(23)21(6)19(24)25-17/h7-10,12-13H,11H2,1-6H3/b17-10+. The van der Waals surface area contributed by atoms with Crippen LogP contribution in [0.5, 0.6) is 0 Å². The van der Waals surface area contributed by atoms with Crippen molar-refractivity contribution in [1.82, 2.24) is 4.90 Å². The fourth-order valence-electron chi connectivity index (χ4n) is 4.23. The summed E-state index contributed by atoms with van der Waals surface area (Å²) in [5, 5.41) is -0.213. The first-order chi connectivity index (χ1) is 11.6. The van der Waals surface area contributed by atoms with E-state index in [4.69, 9.17) is 0 Å². The minimum absolute atomic E-state index is 0.118. The summed E-state index contributed by atoms with van der Waals surface area (Å²) >= 11 is 1.01. The quantitative estimate of drug-likeness (QED) is 0.708. The molecular formula is C20H26N2O2S. The molecular weight excluding hydrogens is 332 g/mol. The summed E-state index contributed by atoms with van der Waals surface area (Å²) < 4.78 is 0. The fraction of sp³-hybridized carbons (Fsp3) is 0.500. The van der Waals surface area contributed by atoms with Crippen LogP contribution >= 0.6 is 11.8 Å². The van der Waals surface area contributed by atoms with Crippen LogP contribution in [0.25, 0.3) is 6.08 Å². The zero-order valence-corrected chi connectivity index (χ0v) is 16.6. The molecule has 1 aromatic rings. The molecule has 1 aromatic carbocycles. The van der Waals surface area contributed by atoms with Crippen LogP contribution in [-0.4, -0.2) is 34.7 Å². The van der Waals surface area contributed by atoms with Gasteiger partial charge in [-0.25, -0.2) is 0 Å². The monoisotopic (exact) mass is 358 g/mol. The predicted molar refractivity (Wildman–Crippen MR) is 105 cm³/mol. The minimum atomic E-state index is -0.217. The van der Waals surface area contributed by atoms with E-state index in [1.165, 1.54) is 23.2 Å². The van der Waals surface area contributed by atoms with E-state index < -0.39 is 0 Å². The first-order valence-corrected chi connectivity index (χ1v) is 9.58. The number of fused-ring (bicyclic) bond motifs is 1. The Labute approximate surface area is 154 Å². The molecule has 1 unspecified atom stereocenters. The topological polar surface area (TPSA) is 40.6 Å². The Morgan fingerprint density at radius 3 is 2.52 bits per heavy atom. The lowest BCUT2D eigenvalue weighted by Crippen LogP contribution is -2.51. The molecule has 0 radical (unpaired) electrons. The molecule has 1 saturated heterocycles. The lowest BCUT2D eigenvalue weighted by molar-refractivity contribution is -0.121. The van der Waals surface area contributed by atoms with Gasteiger partial charge in [-0.2, -0.15) is 0 Å². The third kappa shape index (κ3) is 3.10. The lowest BCUT2D eigenvalue weighted by atomic mass is 9.79. The Kier molecular flexibility index (Phi) is 4.48. The molecule has 25 heavy (non-hydrogen) atoms. The molecule has 1 atom stereocenters. The molecule has 1 fully saturated rings. The molecule has 0 aromatic heterocycles. The summed E-state index contributed by atoms with van der Waals surface area (Å²) in [6, 6.07) is 6.80. The Morgan fingerprint density at radius 1 is 1.28 bits per heavy atom. The molecule has 2 amide bonds. The van der Waals surface area contributed by atoms with Crippen LogP contribution in [0.3, 0.4) is 0 Å². The maximum atomic E-state index is 12.1. The lowest BCUT2D eigenvalue weighted by Gasteiger charge is -2.50. The van der Waals surface area contributed by atoms with E-state index in [2.05, 4.69) is 51.7 Å². The van der Waals surface area contributed by atoms with Gasteiger partial charge in [0, 0.05) is 24.3 Å². The van der Waals surface area contributed by atoms with Crippen LogP contribution in [0.4, 0.5) is 10.5 Å². The average molecular weight is 359 g/mol. The van der Waals surface area contributed by atoms with Crippen LogP contribution in [0.1, 0.15) is 58.1 Å². The van der Waals surface area contributed by atoms with Crippen molar-refractivity contribution < 1.29 is 9.59 Å². The van der Waals surface area contributed by atoms with Gasteiger partial charge in [-0.05, 0) is 81.1 Å². The minimum Gasteiger partial charge on any atom is -0.364 e. The molecule has 0 bridgehead atoms. The highest BCUT2D eigenvalue weighted by Crippen LogP contribution is 2.45. The van der Waals surface area contributed by atoms with Gasteiger partial charge in [0.2, 0.25) is 0 Å². The molecule has 0 N–H and O–H groups in total. The third-order valence-corrected chi connectivity index (χ3v) is 6.06. The number of anilines is 1. The molecule has 4 nitrogen and oxygen atoms in total. The molecule has 0 aliphatic carbocycles. The number of rotatable bonds is 2. The van der Waals surface area contributed by atoms with Crippen LogP contribution in [0.15, 0.2) is 23.1 Å². The van der Waals surface area contributed by atoms with Gasteiger partial charge in [-0.3, -0.25) is 14.5 Å². The zero-order valence-electron chi connectivity index (χ0n) is 15.8. The van der Waals surface area contributed by atoms with Gasteiger partial charge in [0.15, 0.2) is 0 Å². The largest absolute Gasteiger partial charge is 0.364 e. The molecule has 2 heterocycles. The summed E-state index contributed by atoms with van der Waals surface area (Å²) in [7, 11) is 1.52. The Hall–Kier alpha value is -1.75. The van der Waals surface area contributed by atoms with E-state index in [-0.39, 0.29) is 16.7 Å². The van der Waals surface area contributed by atoms with Crippen LogP contribution < -0.4 is 4.90 Å². The van der Waals surface area contributed by atoms with E-state index in [1.54, 1.807) is 0 Å². The first-order valence-electron chi connectivity index (χ1n) is 8.76. The van der Waals surface area contributed by atoms with E-state index in [9.17, 15) is 9.59 Å². The number of imide groups is 1. The number of nitrogens with zero attached hydrogens (tertiary/aromatic N) is 2. The number of carbonyl (C=O) groups excluding carboxylic acids is 2. The Bertz CT molecular complexity index is 767. The molecule has 0 saturated carbocycles. The Balaban J connectivity index is 2.02.